The van der Waals surface area contributed by atoms with E-state index >= 15 is 0 Å². The fraction of sp³-hybridized carbons (Fsp3) is 0.350. The number of fused-ring (bicyclic) bond motifs is 1. The molecule has 0 spiro atoms. The molecule has 0 bridgehead atoms. The van der Waals surface area contributed by atoms with E-state index in [9.17, 15) is 18.5 Å². The van der Waals surface area contributed by atoms with Gasteiger partial charge in [-0.3, -0.25) is 4.79 Å². The number of carbonyl (C=O) groups is 1. The van der Waals surface area contributed by atoms with Crippen molar-refractivity contribution in [3.8, 4) is 11.9 Å². The van der Waals surface area contributed by atoms with E-state index < -0.39 is 21.8 Å². The van der Waals surface area contributed by atoms with Crippen LogP contribution < -0.4 is 10.1 Å². The zero-order valence-electron chi connectivity index (χ0n) is 15.3. The average Bonchev–Trinajstić information content (AvgIpc) is 2.96. The lowest BCUT2D eigenvalue weighted by Crippen LogP contribution is -2.36. The number of nitrogens with zero attached hydrogens (tertiary/aromatic N) is 2. The van der Waals surface area contributed by atoms with Gasteiger partial charge in [0.15, 0.2) is 9.84 Å². The van der Waals surface area contributed by atoms with Gasteiger partial charge in [0.1, 0.15) is 11.6 Å². The van der Waals surface area contributed by atoms with Gasteiger partial charge in [0, 0.05) is 10.8 Å². The molecule has 0 radical (unpaired) electrons. The van der Waals surface area contributed by atoms with Crippen LogP contribution in [-0.4, -0.2) is 38.2 Å². The minimum Gasteiger partial charge on any atom is -0.480 e. The third kappa shape index (κ3) is 3.22. The summed E-state index contributed by atoms with van der Waals surface area (Å²) >= 11 is 0. The molecule has 2 heterocycles. The number of rotatable bonds is 4. The Morgan fingerprint density at radius 3 is 2.71 bits per heavy atom. The quantitative estimate of drug-likeness (QED) is 0.849. The van der Waals surface area contributed by atoms with E-state index in [0.29, 0.717) is 16.8 Å². The minimum absolute atomic E-state index is 0.0200. The maximum atomic E-state index is 12.8. The van der Waals surface area contributed by atoms with Gasteiger partial charge in [-0.2, -0.15) is 5.26 Å². The van der Waals surface area contributed by atoms with Gasteiger partial charge in [0.2, 0.25) is 5.88 Å². The molecule has 28 heavy (non-hydrogen) atoms. The van der Waals surface area contributed by atoms with Crippen molar-refractivity contribution in [1.29, 1.82) is 5.26 Å². The number of amides is 1. The molecule has 1 aliphatic carbocycles. The van der Waals surface area contributed by atoms with E-state index in [1.54, 1.807) is 0 Å². The summed E-state index contributed by atoms with van der Waals surface area (Å²) in [5, 5.41) is 14.0. The minimum atomic E-state index is -3.31. The van der Waals surface area contributed by atoms with Crippen LogP contribution in [0.15, 0.2) is 29.7 Å². The van der Waals surface area contributed by atoms with Crippen LogP contribution in [0, 0.1) is 11.3 Å². The molecule has 1 atom stereocenters. The second kappa shape index (κ2) is 6.91. The van der Waals surface area contributed by atoms with E-state index in [2.05, 4.69) is 16.4 Å². The normalized spacial score (nSPS) is 20.5. The highest BCUT2D eigenvalue weighted by atomic mass is 32.2. The molecule has 1 fully saturated rings. The van der Waals surface area contributed by atoms with Crippen molar-refractivity contribution in [1.82, 2.24) is 10.3 Å². The highest BCUT2D eigenvalue weighted by Gasteiger charge is 2.28. The Kier molecular flexibility index (Phi) is 4.55. The van der Waals surface area contributed by atoms with Crippen molar-refractivity contribution in [3.63, 3.8) is 0 Å². The summed E-state index contributed by atoms with van der Waals surface area (Å²) < 4.78 is 28.4. The number of methoxy groups -OCH3 is 1. The van der Waals surface area contributed by atoms with Crippen LogP contribution in [0.5, 0.6) is 5.88 Å². The first-order valence-electron chi connectivity index (χ1n) is 9.05. The number of pyridine rings is 1. The Morgan fingerprint density at radius 1 is 1.36 bits per heavy atom. The Morgan fingerprint density at radius 2 is 2.14 bits per heavy atom. The number of sulfone groups is 1. The van der Waals surface area contributed by atoms with Crippen LogP contribution in [0.25, 0.3) is 10.9 Å². The summed E-state index contributed by atoms with van der Waals surface area (Å²) in [5.74, 6) is -0.217. The van der Waals surface area contributed by atoms with E-state index in [0.717, 1.165) is 18.2 Å². The molecule has 2 aliphatic rings. The molecule has 1 aromatic heterocycles. The summed E-state index contributed by atoms with van der Waals surface area (Å²) in [4.78, 5) is 17.3. The fourth-order valence-electron chi connectivity index (χ4n) is 3.64. The summed E-state index contributed by atoms with van der Waals surface area (Å²) in [6.45, 7) is 0. The Hall–Kier alpha value is -2.92. The van der Waals surface area contributed by atoms with Crippen molar-refractivity contribution >= 4 is 26.6 Å². The van der Waals surface area contributed by atoms with E-state index in [1.807, 2.05) is 18.2 Å². The Labute approximate surface area is 162 Å². The number of carbonyl (C=O) groups excluding carboxylic acids is 1. The lowest BCUT2D eigenvalue weighted by molar-refractivity contribution is 0.0944. The van der Waals surface area contributed by atoms with Gasteiger partial charge in [-0.05, 0) is 36.5 Å². The van der Waals surface area contributed by atoms with Gasteiger partial charge in [-0.1, -0.05) is 18.6 Å². The number of nitrogens with one attached hydrogen (secondary N) is 1. The largest absolute Gasteiger partial charge is 0.480 e. The SMILES string of the molecule is COc1nc2cc(C3CCC3)ccc2c(C#N)c1C(=O)N[C@@H]1C=CS(=O)(=O)C1. The molecule has 1 aliphatic heterocycles. The number of nitriles is 1. The Balaban J connectivity index is 1.75. The van der Waals surface area contributed by atoms with E-state index in [-0.39, 0.29) is 22.8 Å². The van der Waals surface area contributed by atoms with Gasteiger partial charge in [0.05, 0.1) is 30.0 Å². The Bertz CT molecular complexity index is 1140. The highest BCUT2D eigenvalue weighted by molar-refractivity contribution is 7.94. The van der Waals surface area contributed by atoms with Crippen molar-refractivity contribution < 1.29 is 17.9 Å². The average molecular weight is 397 g/mol. The number of hydrogen-bond donors (Lipinski definition) is 1. The topological polar surface area (TPSA) is 109 Å². The van der Waals surface area contributed by atoms with Crippen LogP contribution in [-0.2, 0) is 9.84 Å². The monoisotopic (exact) mass is 397 g/mol. The molecular weight excluding hydrogens is 378 g/mol. The zero-order chi connectivity index (χ0) is 19.9. The lowest BCUT2D eigenvalue weighted by Gasteiger charge is -2.26. The molecule has 0 unspecified atom stereocenters. The molecule has 7 nitrogen and oxygen atoms in total. The number of aromatic nitrogens is 1. The predicted octanol–water partition coefficient (Wildman–Crippen LogP) is 2.42. The zero-order valence-corrected chi connectivity index (χ0v) is 16.1. The van der Waals surface area contributed by atoms with Crippen LogP contribution >= 0.6 is 0 Å². The molecular formula is C20H19N3O4S. The van der Waals surface area contributed by atoms with Crippen molar-refractivity contribution in [2.45, 2.75) is 31.2 Å². The number of hydrogen-bond acceptors (Lipinski definition) is 6. The predicted molar refractivity (Wildman–Crippen MR) is 104 cm³/mol. The maximum absolute atomic E-state index is 12.8. The second-order valence-corrected chi connectivity index (χ2v) is 9.06. The summed E-state index contributed by atoms with van der Waals surface area (Å²) in [6, 6.07) is 7.21. The van der Waals surface area contributed by atoms with Gasteiger partial charge in [-0.15, -0.1) is 0 Å². The van der Waals surface area contributed by atoms with Crippen LogP contribution in [0.1, 0.15) is 46.7 Å². The third-order valence-electron chi connectivity index (χ3n) is 5.33. The fourth-order valence-corrected chi connectivity index (χ4v) is 4.87. The smallest absolute Gasteiger partial charge is 0.258 e. The summed E-state index contributed by atoms with van der Waals surface area (Å²) in [5.41, 5.74) is 1.98. The summed E-state index contributed by atoms with van der Waals surface area (Å²) in [7, 11) is -1.92. The molecule has 0 saturated heterocycles. The molecule has 4 rings (SSSR count). The molecule has 1 N–H and O–H groups in total. The van der Waals surface area contributed by atoms with Gasteiger partial charge < -0.3 is 10.1 Å². The number of benzene rings is 1. The molecule has 1 amide bonds. The van der Waals surface area contributed by atoms with Crippen molar-refractivity contribution in [3.05, 3.63) is 46.4 Å². The van der Waals surface area contributed by atoms with Crippen molar-refractivity contribution in [2.75, 3.05) is 12.9 Å². The lowest BCUT2D eigenvalue weighted by atomic mass is 9.80. The summed E-state index contributed by atoms with van der Waals surface area (Å²) in [6.07, 6.45) is 4.93. The highest BCUT2D eigenvalue weighted by Crippen LogP contribution is 2.38. The third-order valence-corrected chi connectivity index (χ3v) is 6.73. The second-order valence-electron chi connectivity index (χ2n) is 7.13. The van der Waals surface area contributed by atoms with E-state index in [1.165, 1.54) is 25.2 Å². The number of ether oxygens (including phenoxy) is 1. The van der Waals surface area contributed by atoms with Crippen molar-refractivity contribution in [2.24, 2.45) is 0 Å². The van der Waals surface area contributed by atoms with Crippen LogP contribution in [0.3, 0.4) is 0 Å². The standard InChI is InChI=1S/C20H19N3O4S/c1-27-20-18(19(24)22-14-7-8-28(25,26)11-14)16(10-21)15-6-5-13(9-17(15)23-20)12-3-2-4-12/h5-9,12,14H,2-4,11H2,1H3,(H,22,24)/t14-/m1/s1. The van der Waals surface area contributed by atoms with Gasteiger partial charge in [-0.25, -0.2) is 13.4 Å². The van der Waals surface area contributed by atoms with Gasteiger partial charge in [0.25, 0.3) is 5.91 Å². The first-order valence-corrected chi connectivity index (χ1v) is 10.8. The molecule has 8 heteroatoms. The van der Waals surface area contributed by atoms with E-state index in [4.69, 9.17) is 4.74 Å². The molecule has 1 saturated carbocycles. The molecule has 2 aromatic rings. The van der Waals surface area contributed by atoms with Gasteiger partial charge >= 0.3 is 0 Å². The first kappa shape index (κ1) is 18.4. The molecule has 144 valence electrons. The molecule has 1 aromatic carbocycles. The first-order chi connectivity index (χ1) is 13.4. The van der Waals surface area contributed by atoms with Crippen LogP contribution in [0.2, 0.25) is 0 Å². The maximum Gasteiger partial charge on any atom is 0.258 e. The van der Waals surface area contributed by atoms with Crippen LogP contribution in [0.4, 0.5) is 0 Å².